The van der Waals surface area contributed by atoms with E-state index in [2.05, 4.69) is 6.58 Å². The Morgan fingerprint density at radius 3 is 2.23 bits per heavy atom. The van der Waals surface area contributed by atoms with E-state index in [1.54, 1.807) is 24.3 Å². The first-order valence-corrected chi connectivity index (χ1v) is 5.38. The van der Waals surface area contributed by atoms with Crippen molar-refractivity contribution in [1.29, 1.82) is 0 Å². The van der Waals surface area contributed by atoms with Crippen LogP contribution >= 0.6 is 0 Å². The van der Waals surface area contributed by atoms with Crippen LogP contribution in [0.2, 0.25) is 0 Å². The first-order valence-electron chi connectivity index (χ1n) is 3.84. The lowest BCUT2D eigenvalue weighted by Gasteiger charge is -2.00. The monoisotopic (exact) mass is 195 g/mol. The van der Waals surface area contributed by atoms with Crippen LogP contribution in [-0.2, 0) is 9.84 Å². The Morgan fingerprint density at radius 1 is 1.23 bits per heavy atom. The lowest BCUT2D eigenvalue weighted by molar-refractivity contribution is 0.602. The fraction of sp³-hybridized carbons (Fsp3) is 0.100. The van der Waals surface area contributed by atoms with Gasteiger partial charge in [0.1, 0.15) is 5.75 Å². The van der Waals surface area contributed by atoms with Crippen LogP contribution in [0.4, 0.5) is 0 Å². The maximum atomic E-state index is 11.4. The van der Waals surface area contributed by atoms with Gasteiger partial charge in [0.25, 0.3) is 0 Å². The molecule has 0 aliphatic carbocycles. The first-order chi connectivity index (χ1) is 6.06. The summed E-state index contributed by atoms with van der Waals surface area (Å²) in [6.45, 7) is 5.26. The summed E-state index contributed by atoms with van der Waals surface area (Å²) < 4.78 is 22.8. The molecule has 0 aromatic heterocycles. The van der Waals surface area contributed by atoms with Gasteiger partial charge in [-0.25, -0.2) is 8.42 Å². The fourth-order valence-corrected chi connectivity index (χ4v) is 1.86. The van der Waals surface area contributed by atoms with Crippen molar-refractivity contribution >= 4 is 9.84 Å². The minimum Gasteiger partial charge on any atom is -0.223 e. The molecular formula is C10H11O2S. The van der Waals surface area contributed by atoms with E-state index < -0.39 is 9.84 Å². The normalized spacial score (nSPS) is 11.2. The third kappa shape index (κ3) is 2.42. The Kier molecular flexibility index (Phi) is 2.88. The molecule has 1 rings (SSSR count). The molecule has 2 nitrogen and oxygen atoms in total. The van der Waals surface area contributed by atoms with E-state index in [-0.39, 0.29) is 0 Å². The van der Waals surface area contributed by atoms with E-state index in [1.165, 1.54) is 6.08 Å². The summed E-state index contributed by atoms with van der Waals surface area (Å²) in [5.41, 5.74) is 1.04. The first kappa shape index (κ1) is 9.99. The molecule has 0 N–H and O–H groups in total. The third-order valence-electron chi connectivity index (χ3n) is 1.62. The van der Waals surface area contributed by atoms with E-state index in [4.69, 9.17) is 0 Å². The highest BCUT2D eigenvalue weighted by molar-refractivity contribution is 7.93. The molecule has 0 bridgehead atoms. The van der Waals surface area contributed by atoms with E-state index in [9.17, 15) is 8.42 Å². The van der Waals surface area contributed by atoms with E-state index in [0.29, 0.717) is 4.90 Å². The van der Waals surface area contributed by atoms with Gasteiger partial charge >= 0.3 is 0 Å². The third-order valence-corrected chi connectivity index (χ3v) is 3.10. The molecule has 1 aromatic carbocycles. The predicted octanol–water partition coefficient (Wildman–Crippen LogP) is 2.12. The van der Waals surface area contributed by atoms with Crippen molar-refractivity contribution in [2.75, 3.05) is 0 Å². The fourth-order valence-electron chi connectivity index (χ4n) is 0.933. The van der Waals surface area contributed by atoms with Crippen LogP contribution < -0.4 is 0 Å². The summed E-state index contributed by atoms with van der Waals surface area (Å²) in [6.07, 6.45) is 1.27. The molecule has 0 unspecified atom stereocenters. The lowest BCUT2D eigenvalue weighted by atomic mass is 10.2. The quantitative estimate of drug-likeness (QED) is 0.740. The van der Waals surface area contributed by atoms with E-state index >= 15 is 0 Å². The molecule has 0 saturated heterocycles. The molecule has 13 heavy (non-hydrogen) atoms. The number of hydrogen-bond donors (Lipinski definition) is 0. The van der Waals surface area contributed by atoms with Gasteiger partial charge < -0.3 is 0 Å². The Bertz CT molecular complexity index is 387. The number of rotatable bonds is 3. The summed E-state index contributed by atoms with van der Waals surface area (Å²) in [4.78, 5) is 0.304. The minimum atomic E-state index is -3.27. The number of benzene rings is 1. The van der Waals surface area contributed by atoms with Crippen LogP contribution in [0.1, 0.15) is 5.56 Å². The molecule has 0 saturated carbocycles. The summed E-state index contributed by atoms with van der Waals surface area (Å²) in [7, 11) is -3.27. The largest absolute Gasteiger partial charge is 0.223 e. The van der Waals surface area contributed by atoms with Crippen molar-refractivity contribution in [1.82, 2.24) is 0 Å². The average Bonchev–Trinajstić information content (AvgIpc) is 2.05. The Hall–Kier alpha value is -1.09. The topological polar surface area (TPSA) is 34.1 Å². The second-order valence-corrected chi connectivity index (χ2v) is 4.56. The SMILES string of the molecule is C=C[CH]S(=O)(=O)c1ccc(C)cc1. The van der Waals surface area contributed by atoms with Crippen molar-refractivity contribution < 1.29 is 8.42 Å². The minimum absolute atomic E-state index is 0.304. The van der Waals surface area contributed by atoms with Crippen LogP contribution in [0, 0.1) is 12.7 Å². The standard InChI is InChI=1S/C10H11O2S/c1-3-8-13(11,12)10-6-4-9(2)5-7-10/h3-8H,1H2,2H3. The van der Waals surface area contributed by atoms with E-state index in [1.807, 2.05) is 6.92 Å². The van der Waals surface area contributed by atoms with E-state index in [0.717, 1.165) is 11.3 Å². The molecule has 0 aliphatic rings. The molecule has 0 atom stereocenters. The smallest absolute Gasteiger partial charge is 0.186 e. The zero-order valence-electron chi connectivity index (χ0n) is 7.40. The van der Waals surface area contributed by atoms with Gasteiger partial charge in [0, 0.05) is 0 Å². The van der Waals surface area contributed by atoms with Crippen molar-refractivity contribution in [3.63, 3.8) is 0 Å². The zero-order valence-corrected chi connectivity index (χ0v) is 8.21. The van der Waals surface area contributed by atoms with Gasteiger partial charge in [-0.1, -0.05) is 23.8 Å². The maximum absolute atomic E-state index is 11.4. The van der Waals surface area contributed by atoms with Gasteiger partial charge in [-0.15, -0.1) is 6.58 Å². The van der Waals surface area contributed by atoms with Gasteiger partial charge in [0.05, 0.1) is 4.90 Å². The number of aryl methyl sites for hydroxylation is 1. The lowest BCUT2D eigenvalue weighted by Crippen LogP contribution is -1.99. The summed E-state index contributed by atoms with van der Waals surface area (Å²) >= 11 is 0. The highest BCUT2D eigenvalue weighted by Gasteiger charge is 2.11. The Morgan fingerprint density at radius 2 is 1.77 bits per heavy atom. The average molecular weight is 195 g/mol. The zero-order chi connectivity index (χ0) is 9.90. The molecule has 0 fully saturated rings. The summed E-state index contributed by atoms with van der Waals surface area (Å²) in [5, 5.41) is 0. The van der Waals surface area contributed by atoms with Gasteiger partial charge in [-0.3, -0.25) is 0 Å². The molecule has 1 aromatic rings. The summed E-state index contributed by atoms with van der Waals surface area (Å²) in [6, 6.07) is 6.71. The molecule has 69 valence electrons. The molecule has 0 spiro atoms. The predicted molar refractivity (Wildman–Crippen MR) is 52.9 cm³/mol. The van der Waals surface area contributed by atoms with Gasteiger partial charge in [-0.2, -0.15) is 0 Å². The molecule has 0 amide bonds. The highest BCUT2D eigenvalue weighted by Crippen LogP contribution is 2.14. The van der Waals surface area contributed by atoms with Gasteiger partial charge in [0.15, 0.2) is 9.84 Å². The van der Waals surface area contributed by atoms with Gasteiger partial charge in [-0.05, 0) is 19.1 Å². The number of hydrogen-bond acceptors (Lipinski definition) is 2. The molecular weight excluding hydrogens is 184 g/mol. The molecule has 1 radical (unpaired) electrons. The Balaban J connectivity index is 3.08. The van der Waals surface area contributed by atoms with Crippen LogP contribution in [0.5, 0.6) is 0 Å². The van der Waals surface area contributed by atoms with Crippen molar-refractivity contribution in [2.24, 2.45) is 0 Å². The molecule has 0 aliphatic heterocycles. The van der Waals surface area contributed by atoms with Gasteiger partial charge in [0.2, 0.25) is 0 Å². The van der Waals surface area contributed by atoms with Crippen LogP contribution in [-0.4, -0.2) is 8.42 Å². The second kappa shape index (κ2) is 3.75. The van der Waals surface area contributed by atoms with Crippen LogP contribution in [0.25, 0.3) is 0 Å². The van der Waals surface area contributed by atoms with Crippen molar-refractivity contribution in [2.45, 2.75) is 11.8 Å². The van der Waals surface area contributed by atoms with Crippen molar-refractivity contribution in [3.05, 3.63) is 48.2 Å². The van der Waals surface area contributed by atoms with Crippen LogP contribution in [0.3, 0.4) is 0 Å². The maximum Gasteiger partial charge on any atom is 0.186 e. The highest BCUT2D eigenvalue weighted by atomic mass is 32.2. The number of sulfone groups is 1. The van der Waals surface area contributed by atoms with Crippen molar-refractivity contribution in [3.8, 4) is 0 Å². The van der Waals surface area contributed by atoms with Crippen LogP contribution in [0.15, 0.2) is 41.8 Å². The molecule has 0 heterocycles. The molecule has 3 heteroatoms. The second-order valence-electron chi connectivity index (χ2n) is 2.73. The summed E-state index contributed by atoms with van der Waals surface area (Å²) in [5.74, 6) is 1.09. The Labute approximate surface area is 78.8 Å².